The molecule has 0 spiro atoms. The highest BCUT2D eigenvalue weighted by Crippen LogP contribution is 2.29. The van der Waals surface area contributed by atoms with E-state index in [4.69, 9.17) is 11.6 Å². The lowest BCUT2D eigenvalue weighted by Gasteiger charge is -2.07. The van der Waals surface area contributed by atoms with Crippen LogP contribution in [-0.2, 0) is 0 Å². The van der Waals surface area contributed by atoms with Gasteiger partial charge in [-0.1, -0.05) is 18.3 Å². The Hall–Kier alpha value is -0.740. The van der Waals surface area contributed by atoms with Crippen LogP contribution in [0.4, 0.5) is 5.82 Å². The Morgan fingerprint density at radius 1 is 1.54 bits per heavy atom. The van der Waals surface area contributed by atoms with Gasteiger partial charge in [-0.25, -0.2) is 4.98 Å². The zero-order valence-corrected chi connectivity index (χ0v) is 9.04. The van der Waals surface area contributed by atoms with Crippen molar-refractivity contribution in [3.05, 3.63) is 23.0 Å². The van der Waals surface area contributed by atoms with Crippen LogP contribution in [0.2, 0.25) is 5.28 Å². The van der Waals surface area contributed by atoms with Gasteiger partial charge in [0, 0.05) is 7.05 Å². The summed E-state index contributed by atoms with van der Waals surface area (Å²) >= 11 is 7.18. The van der Waals surface area contributed by atoms with Crippen molar-refractivity contribution in [3.63, 3.8) is 0 Å². The van der Waals surface area contributed by atoms with E-state index >= 15 is 0 Å². The Bertz CT molecular complexity index is 327. The largest absolute Gasteiger partial charge is 0.372 e. The summed E-state index contributed by atoms with van der Waals surface area (Å²) in [5, 5.41) is 4.95. The van der Waals surface area contributed by atoms with Crippen LogP contribution in [0.1, 0.15) is 5.69 Å². The van der Waals surface area contributed by atoms with E-state index in [1.165, 1.54) is 11.8 Å². The molecule has 1 N–H and O–H groups in total. The number of nitrogens with one attached hydrogen (secondary N) is 1. The van der Waals surface area contributed by atoms with Gasteiger partial charge in [0.2, 0.25) is 5.28 Å². The predicted octanol–water partition coefficient (Wildman–Crippen LogP) is 2.72. The third-order valence-corrected chi connectivity index (χ3v) is 2.51. The highest BCUT2D eigenvalue weighted by Gasteiger charge is 2.08. The molecule has 0 aliphatic carbocycles. The minimum atomic E-state index is 0.260. The number of thioether (sulfide) groups is 1. The summed E-state index contributed by atoms with van der Waals surface area (Å²) in [5.41, 5.74) is 0.856. The van der Waals surface area contributed by atoms with Crippen molar-refractivity contribution >= 4 is 29.2 Å². The summed E-state index contributed by atoms with van der Waals surface area (Å²) in [7, 11) is 1.80. The summed E-state index contributed by atoms with van der Waals surface area (Å²) in [5.74, 6) is 0.738. The second-order valence-electron chi connectivity index (χ2n) is 2.29. The van der Waals surface area contributed by atoms with Crippen molar-refractivity contribution in [2.24, 2.45) is 0 Å². The maximum Gasteiger partial charge on any atom is 0.224 e. The van der Waals surface area contributed by atoms with Crippen molar-refractivity contribution in [2.75, 3.05) is 12.4 Å². The molecule has 0 aliphatic rings. The molecule has 1 heterocycles. The summed E-state index contributed by atoms with van der Waals surface area (Å²) < 4.78 is 0. The van der Waals surface area contributed by atoms with Gasteiger partial charge in [-0.2, -0.15) is 4.98 Å². The summed E-state index contributed by atoms with van der Waals surface area (Å²) in [4.78, 5) is 9.05. The Balaban J connectivity index is 3.20. The molecule has 70 valence electrons. The van der Waals surface area contributed by atoms with E-state index in [0.29, 0.717) is 0 Å². The van der Waals surface area contributed by atoms with Gasteiger partial charge < -0.3 is 5.32 Å². The van der Waals surface area contributed by atoms with Gasteiger partial charge in [0.05, 0.1) is 10.6 Å². The maximum atomic E-state index is 5.70. The van der Waals surface area contributed by atoms with Crippen molar-refractivity contribution in [1.82, 2.24) is 9.97 Å². The first-order valence-corrected chi connectivity index (χ1v) is 4.94. The molecule has 0 fully saturated rings. The number of aromatic nitrogens is 2. The smallest absolute Gasteiger partial charge is 0.224 e. The first kappa shape index (κ1) is 10.3. The van der Waals surface area contributed by atoms with E-state index in [-0.39, 0.29) is 5.28 Å². The molecular weight excluding hydrogens is 206 g/mol. The highest BCUT2D eigenvalue weighted by molar-refractivity contribution is 8.02. The van der Waals surface area contributed by atoms with Crippen LogP contribution >= 0.6 is 23.4 Å². The van der Waals surface area contributed by atoms with E-state index in [2.05, 4.69) is 21.9 Å². The second kappa shape index (κ2) is 4.48. The molecule has 3 nitrogen and oxygen atoms in total. The fourth-order valence-electron chi connectivity index (χ4n) is 0.922. The number of rotatable bonds is 3. The molecule has 1 aromatic heterocycles. The third kappa shape index (κ3) is 2.35. The molecule has 1 aromatic rings. The number of hydrogen-bond donors (Lipinski definition) is 1. The monoisotopic (exact) mass is 215 g/mol. The van der Waals surface area contributed by atoms with E-state index in [1.54, 1.807) is 12.5 Å². The third-order valence-electron chi connectivity index (χ3n) is 1.45. The Labute approximate surface area is 86.6 Å². The Morgan fingerprint density at radius 3 is 2.77 bits per heavy atom. The lowest BCUT2D eigenvalue weighted by Crippen LogP contribution is -1.99. The Morgan fingerprint density at radius 2 is 2.23 bits per heavy atom. The fraction of sp³-hybridized carbons (Fsp3) is 0.250. The number of hydrogen-bond acceptors (Lipinski definition) is 4. The zero-order valence-electron chi connectivity index (χ0n) is 7.47. The zero-order chi connectivity index (χ0) is 9.84. The molecule has 0 atom stereocenters. The van der Waals surface area contributed by atoms with E-state index in [0.717, 1.165) is 16.4 Å². The standard InChI is InChI=1S/C8H10ClN3S/c1-4-13-6-5(2)11-8(9)12-7(6)10-3/h4H,1H2,2-3H3,(H,10,11,12). The van der Waals surface area contributed by atoms with Gasteiger partial charge in [-0.05, 0) is 23.9 Å². The van der Waals surface area contributed by atoms with Crippen LogP contribution < -0.4 is 5.32 Å². The topological polar surface area (TPSA) is 37.8 Å². The maximum absolute atomic E-state index is 5.70. The minimum absolute atomic E-state index is 0.260. The van der Waals surface area contributed by atoms with Gasteiger partial charge >= 0.3 is 0 Å². The molecule has 0 unspecified atom stereocenters. The average molecular weight is 216 g/mol. The van der Waals surface area contributed by atoms with Gasteiger partial charge in [0.1, 0.15) is 5.82 Å². The van der Waals surface area contributed by atoms with E-state index in [1.807, 2.05) is 6.92 Å². The van der Waals surface area contributed by atoms with Gasteiger partial charge in [-0.15, -0.1) is 0 Å². The van der Waals surface area contributed by atoms with Crippen LogP contribution in [0.3, 0.4) is 0 Å². The molecule has 0 radical (unpaired) electrons. The van der Waals surface area contributed by atoms with Crippen LogP contribution in [-0.4, -0.2) is 17.0 Å². The minimum Gasteiger partial charge on any atom is -0.372 e. The first-order valence-electron chi connectivity index (χ1n) is 3.68. The van der Waals surface area contributed by atoms with Gasteiger partial charge in [0.25, 0.3) is 0 Å². The van der Waals surface area contributed by atoms with Crippen LogP contribution in [0.25, 0.3) is 0 Å². The molecule has 13 heavy (non-hydrogen) atoms. The summed E-state index contributed by atoms with van der Waals surface area (Å²) in [6.45, 7) is 5.53. The second-order valence-corrected chi connectivity index (χ2v) is 3.61. The van der Waals surface area contributed by atoms with Crippen molar-refractivity contribution < 1.29 is 0 Å². The molecule has 0 bridgehead atoms. The molecule has 0 aliphatic heterocycles. The van der Waals surface area contributed by atoms with Crippen LogP contribution in [0.15, 0.2) is 16.9 Å². The predicted molar refractivity (Wildman–Crippen MR) is 57.4 cm³/mol. The van der Waals surface area contributed by atoms with Crippen LogP contribution in [0, 0.1) is 6.92 Å². The van der Waals surface area contributed by atoms with Crippen LogP contribution in [0.5, 0.6) is 0 Å². The molecule has 0 saturated carbocycles. The normalized spacial score (nSPS) is 9.77. The average Bonchev–Trinajstić information content (AvgIpc) is 2.09. The van der Waals surface area contributed by atoms with Gasteiger partial charge in [0.15, 0.2) is 0 Å². The summed E-state index contributed by atoms with van der Waals surface area (Å²) in [6, 6.07) is 0. The molecular formula is C8H10ClN3S. The fourth-order valence-corrected chi connectivity index (χ4v) is 1.78. The molecule has 0 saturated heterocycles. The quantitative estimate of drug-likeness (QED) is 0.622. The Kier molecular flexibility index (Phi) is 3.57. The lowest BCUT2D eigenvalue weighted by atomic mass is 10.4. The molecule has 1 rings (SSSR count). The highest BCUT2D eigenvalue weighted by atomic mass is 35.5. The number of aryl methyl sites for hydroxylation is 1. The van der Waals surface area contributed by atoms with Crippen molar-refractivity contribution in [2.45, 2.75) is 11.8 Å². The van der Waals surface area contributed by atoms with Crippen molar-refractivity contribution in [1.29, 1.82) is 0 Å². The summed E-state index contributed by atoms with van der Waals surface area (Å²) in [6.07, 6.45) is 0. The number of anilines is 1. The molecule has 0 amide bonds. The first-order chi connectivity index (χ1) is 6.19. The number of halogens is 1. The molecule has 5 heteroatoms. The molecule has 0 aromatic carbocycles. The van der Waals surface area contributed by atoms with Crippen molar-refractivity contribution in [3.8, 4) is 0 Å². The lowest BCUT2D eigenvalue weighted by molar-refractivity contribution is 1.03. The van der Waals surface area contributed by atoms with E-state index < -0.39 is 0 Å². The number of nitrogens with zero attached hydrogens (tertiary/aromatic N) is 2. The van der Waals surface area contributed by atoms with E-state index in [9.17, 15) is 0 Å². The SMILES string of the molecule is C=CSc1c(C)nc(Cl)nc1NC. The van der Waals surface area contributed by atoms with Gasteiger partial charge in [-0.3, -0.25) is 0 Å².